The Morgan fingerprint density at radius 3 is 2.80 bits per heavy atom. The fraction of sp³-hybridized carbons (Fsp3) is 0.615. The summed E-state index contributed by atoms with van der Waals surface area (Å²) in [6.07, 6.45) is 0.308. The minimum absolute atomic E-state index is 0.0417. The smallest absolute Gasteiger partial charge is 0.242 e. The Balaban J connectivity index is 2.27. The summed E-state index contributed by atoms with van der Waals surface area (Å²) in [4.78, 5) is 25.3. The third kappa shape index (κ3) is 2.80. The number of nitrogens with one attached hydrogen (secondary N) is 1. The van der Waals surface area contributed by atoms with E-state index in [0.29, 0.717) is 24.5 Å². The predicted molar refractivity (Wildman–Crippen MR) is 75.3 cm³/mol. The maximum Gasteiger partial charge on any atom is 0.242 e. The molecule has 1 aliphatic rings. The van der Waals surface area contributed by atoms with E-state index in [1.807, 2.05) is 20.8 Å². The van der Waals surface area contributed by atoms with Gasteiger partial charge in [0.1, 0.15) is 0 Å². The van der Waals surface area contributed by atoms with Crippen LogP contribution in [0.15, 0.2) is 0 Å². The van der Waals surface area contributed by atoms with E-state index in [4.69, 9.17) is 11.6 Å². The monoisotopic (exact) mass is 298 g/mol. The quantitative estimate of drug-likeness (QED) is 0.909. The molecule has 0 spiro atoms. The highest BCUT2D eigenvalue weighted by molar-refractivity contribution is 6.31. The van der Waals surface area contributed by atoms with Gasteiger partial charge in [-0.1, -0.05) is 11.6 Å². The molecule has 2 amide bonds. The van der Waals surface area contributed by atoms with Gasteiger partial charge in [0.05, 0.1) is 29.5 Å². The summed E-state index contributed by atoms with van der Waals surface area (Å²) < 4.78 is 1.80. The largest absolute Gasteiger partial charge is 0.347 e. The average Bonchev–Trinajstić information content (AvgIpc) is 2.61. The zero-order chi connectivity index (χ0) is 14.9. The third-order valence-electron chi connectivity index (χ3n) is 3.54. The van der Waals surface area contributed by atoms with Crippen molar-refractivity contribution in [1.82, 2.24) is 20.0 Å². The van der Waals surface area contributed by atoms with E-state index in [1.54, 1.807) is 9.58 Å². The Hall–Kier alpha value is -1.56. The van der Waals surface area contributed by atoms with Crippen LogP contribution in [0, 0.1) is 6.92 Å². The van der Waals surface area contributed by atoms with Gasteiger partial charge in [-0.15, -0.1) is 0 Å². The summed E-state index contributed by atoms with van der Waals surface area (Å²) in [5, 5.41) is 7.54. The normalized spacial score (nSPS) is 20.0. The first-order chi connectivity index (χ1) is 9.43. The summed E-state index contributed by atoms with van der Waals surface area (Å²) in [5.41, 5.74) is 1.58. The second kappa shape index (κ2) is 5.83. The molecule has 0 saturated carbocycles. The van der Waals surface area contributed by atoms with Crippen LogP contribution in [0.4, 0.5) is 0 Å². The molecule has 1 aliphatic heterocycles. The lowest BCUT2D eigenvalue weighted by Gasteiger charge is -2.26. The molecule has 1 saturated heterocycles. The van der Waals surface area contributed by atoms with Gasteiger partial charge in [0, 0.05) is 19.0 Å². The van der Waals surface area contributed by atoms with Crippen molar-refractivity contribution in [3.63, 3.8) is 0 Å². The van der Waals surface area contributed by atoms with Crippen molar-refractivity contribution >= 4 is 23.4 Å². The standard InChI is InChI=1S/C13H19ClN4O2/c1-4-18-10(13(14)9(3)16-18)7-17-8(2)5-11(19)15-6-12(17)20/h8H,4-7H2,1-3H3,(H,15,19). The Bertz CT molecular complexity index is 541. The molecular formula is C13H19ClN4O2. The Labute approximate surface area is 123 Å². The Morgan fingerprint density at radius 1 is 1.45 bits per heavy atom. The molecule has 1 N–H and O–H groups in total. The number of hydrogen-bond donors (Lipinski definition) is 1. The molecule has 0 radical (unpaired) electrons. The fourth-order valence-electron chi connectivity index (χ4n) is 2.40. The number of carbonyl (C=O) groups excluding carboxylic acids is 2. The lowest BCUT2D eigenvalue weighted by molar-refractivity contribution is -0.132. The molecular weight excluding hydrogens is 280 g/mol. The molecule has 1 aromatic heterocycles. The van der Waals surface area contributed by atoms with Crippen LogP contribution in [0.3, 0.4) is 0 Å². The molecule has 2 heterocycles. The van der Waals surface area contributed by atoms with Gasteiger partial charge in [-0.05, 0) is 20.8 Å². The summed E-state index contributed by atoms with van der Waals surface area (Å²) in [5.74, 6) is -0.194. The van der Waals surface area contributed by atoms with Crippen LogP contribution in [0.2, 0.25) is 5.02 Å². The molecule has 1 atom stereocenters. The molecule has 0 aromatic carbocycles. The first-order valence-corrected chi connectivity index (χ1v) is 7.09. The average molecular weight is 299 g/mol. The molecule has 1 unspecified atom stereocenters. The van der Waals surface area contributed by atoms with Gasteiger partial charge in [0.2, 0.25) is 11.8 Å². The predicted octanol–water partition coefficient (Wildman–Crippen LogP) is 1.10. The van der Waals surface area contributed by atoms with Crippen LogP contribution in [0.5, 0.6) is 0 Å². The van der Waals surface area contributed by atoms with Gasteiger partial charge in [-0.2, -0.15) is 5.10 Å². The second-order valence-corrected chi connectivity index (χ2v) is 5.39. The van der Waals surface area contributed by atoms with Crippen molar-refractivity contribution in [1.29, 1.82) is 0 Å². The molecule has 0 bridgehead atoms. The number of halogens is 1. The highest BCUT2D eigenvalue weighted by Gasteiger charge is 2.28. The van der Waals surface area contributed by atoms with Gasteiger partial charge in [0.25, 0.3) is 0 Å². The maximum atomic E-state index is 12.1. The first kappa shape index (κ1) is 14.8. The van der Waals surface area contributed by atoms with E-state index in [-0.39, 0.29) is 24.4 Å². The van der Waals surface area contributed by atoms with Crippen molar-refractivity contribution in [2.45, 2.75) is 46.3 Å². The Morgan fingerprint density at radius 2 is 2.15 bits per heavy atom. The third-order valence-corrected chi connectivity index (χ3v) is 4.03. The molecule has 1 fully saturated rings. The lowest BCUT2D eigenvalue weighted by Crippen LogP contribution is -2.39. The highest BCUT2D eigenvalue weighted by Crippen LogP contribution is 2.23. The fourth-order valence-corrected chi connectivity index (χ4v) is 2.59. The summed E-state index contributed by atoms with van der Waals surface area (Å²) >= 11 is 6.27. The molecule has 20 heavy (non-hydrogen) atoms. The molecule has 6 nitrogen and oxygen atoms in total. The van der Waals surface area contributed by atoms with Crippen molar-refractivity contribution in [2.75, 3.05) is 6.54 Å². The molecule has 1 aromatic rings. The van der Waals surface area contributed by atoms with E-state index in [0.717, 1.165) is 11.4 Å². The minimum atomic E-state index is -0.151. The van der Waals surface area contributed by atoms with Crippen LogP contribution in [-0.2, 0) is 22.7 Å². The minimum Gasteiger partial charge on any atom is -0.347 e. The van der Waals surface area contributed by atoms with E-state index >= 15 is 0 Å². The van der Waals surface area contributed by atoms with Gasteiger partial charge < -0.3 is 10.2 Å². The van der Waals surface area contributed by atoms with E-state index in [1.165, 1.54) is 0 Å². The maximum absolute atomic E-state index is 12.1. The zero-order valence-electron chi connectivity index (χ0n) is 11.9. The second-order valence-electron chi connectivity index (χ2n) is 5.01. The van der Waals surface area contributed by atoms with Gasteiger partial charge in [-0.25, -0.2) is 0 Å². The van der Waals surface area contributed by atoms with Crippen molar-refractivity contribution < 1.29 is 9.59 Å². The number of aryl methyl sites for hydroxylation is 2. The SMILES string of the molecule is CCn1nc(C)c(Cl)c1CN1C(=O)CNC(=O)CC1C. The van der Waals surface area contributed by atoms with Crippen molar-refractivity contribution in [3.05, 3.63) is 16.4 Å². The number of carbonyl (C=O) groups is 2. The van der Waals surface area contributed by atoms with Crippen LogP contribution >= 0.6 is 11.6 Å². The number of hydrogen-bond acceptors (Lipinski definition) is 3. The van der Waals surface area contributed by atoms with E-state index in [9.17, 15) is 9.59 Å². The first-order valence-electron chi connectivity index (χ1n) is 6.72. The Kier molecular flexibility index (Phi) is 4.32. The lowest BCUT2D eigenvalue weighted by atomic mass is 10.2. The zero-order valence-corrected chi connectivity index (χ0v) is 12.7. The van der Waals surface area contributed by atoms with E-state index in [2.05, 4.69) is 10.4 Å². The van der Waals surface area contributed by atoms with Gasteiger partial charge in [0.15, 0.2) is 0 Å². The summed E-state index contributed by atoms with van der Waals surface area (Å²) in [7, 11) is 0. The number of aromatic nitrogens is 2. The number of amides is 2. The van der Waals surface area contributed by atoms with Crippen LogP contribution in [0.25, 0.3) is 0 Å². The van der Waals surface area contributed by atoms with Gasteiger partial charge in [-0.3, -0.25) is 14.3 Å². The van der Waals surface area contributed by atoms with Crippen molar-refractivity contribution in [2.24, 2.45) is 0 Å². The molecule has 7 heteroatoms. The summed E-state index contributed by atoms with van der Waals surface area (Å²) in [6, 6.07) is -0.151. The number of rotatable bonds is 3. The van der Waals surface area contributed by atoms with Crippen LogP contribution < -0.4 is 5.32 Å². The highest BCUT2D eigenvalue weighted by atomic mass is 35.5. The van der Waals surface area contributed by atoms with Crippen molar-refractivity contribution in [3.8, 4) is 0 Å². The van der Waals surface area contributed by atoms with Crippen LogP contribution in [-0.4, -0.2) is 39.1 Å². The van der Waals surface area contributed by atoms with Crippen LogP contribution in [0.1, 0.15) is 31.7 Å². The van der Waals surface area contributed by atoms with Gasteiger partial charge >= 0.3 is 0 Å². The summed E-state index contributed by atoms with van der Waals surface area (Å²) in [6.45, 7) is 6.80. The van der Waals surface area contributed by atoms with E-state index < -0.39 is 0 Å². The molecule has 110 valence electrons. The number of nitrogens with zero attached hydrogens (tertiary/aromatic N) is 3. The molecule has 0 aliphatic carbocycles. The topological polar surface area (TPSA) is 67.2 Å². The molecule has 2 rings (SSSR count).